The van der Waals surface area contributed by atoms with Gasteiger partial charge in [0, 0.05) is 17.0 Å². The fourth-order valence-corrected chi connectivity index (χ4v) is 2.66. The molecule has 0 saturated heterocycles. The van der Waals surface area contributed by atoms with Crippen LogP contribution in [0.15, 0.2) is 65.6 Å². The number of furan rings is 1. The third kappa shape index (κ3) is 2.38. The molecule has 0 amide bonds. The lowest BCUT2D eigenvalue weighted by atomic mass is 10.0. The molecule has 0 saturated carbocycles. The topological polar surface area (TPSA) is 43.9 Å². The van der Waals surface area contributed by atoms with Gasteiger partial charge in [0.1, 0.15) is 41.7 Å². The third-order valence-electron chi connectivity index (χ3n) is 3.71. The zero-order valence-electron chi connectivity index (χ0n) is 11.9. The van der Waals surface area contributed by atoms with Gasteiger partial charge in [-0.2, -0.15) is 0 Å². The lowest BCUT2D eigenvalue weighted by molar-refractivity contribution is 0.469. The van der Waals surface area contributed by atoms with E-state index in [2.05, 4.69) is 10.2 Å². The van der Waals surface area contributed by atoms with Crippen LogP contribution in [0.3, 0.4) is 0 Å². The van der Waals surface area contributed by atoms with Crippen molar-refractivity contribution in [2.45, 2.75) is 6.04 Å². The van der Waals surface area contributed by atoms with Gasteiger partial charge in [0.05, 0.1) is 0 Å². The first kappa shape index (κ1) is 13.6. The Bertz CT molecular complexity index is 930. The summed E-state index contributed by atoms with van der Waals surface area (Å²) in [6.45, 7) is 0. The molecule has 0 aliphatic heterocycles. The standard InChI is InChI=1S/C17H11F2N3O/c18-12-5-6-13(14(19)8-12)17(22-9-20-21-10-22)16-7-11-3-1-2-4-15(11)23-16/h1-10,17H. The van der Waals surface area contributed by atoms with E-state index in [1.807, 2.05) is 30.3 Å². The fourth-order valence-electron chi connectivity index (χ4n) is 2.66. The van der Waals surface area contributed by atoms with Crippen LogP contribution >= 0.6 is 0 Å². The highest BCUT2D eigenvalue weighted by molar-refractivity contribution is 5.78. The summed E-state index contributed by atoms with van der Waals surface area (Å²) in [4.78, 5) is 0. The van der Waals surface area contributed by atoms with Gasteiger partial charge in [0.15, 0.2) is 0 Å². The lowest BCUT2D eigenvalue weighted by Crippen LogP contribution is -2.12. The highest BCUT2D eigenvalue weighted by atomic mass is 19.1. The lowest BCUT2D eigenvalue weighted by Gasteiger charge is -2.16. The molecule has 2 aromatic heterocycles. The molecule has 114 valence electrons. The van der Waals surface area contributed by atoms with E-state index >= 15 is 0 Å². The zero-order chi connectivity index (χ0) is 15.8. The van der Waals surface area contributed by atoms with Crippen LogP contribution in [0.25, 0.3) is 11.0 Å². The Kier molecular flexibility index (Phi) is 3.15. The highest BCUT2D eigenvalue weighted by Crippen LogP contribution is 2.32. The summed E-state index contributed by atoms with van der Waals surface area (Å²) in [5, 5.41) is 8.45. The summed E-state index contributed by atoms with van der Waals surface area (Å²) in [7, 11) is 0. The van der Waals surface area contributed by atoms with Crippen molar-refractivity contribution >= 4 is 11.0 Å². The molecule has 0 aliphatic rings. The quantitative estimate of drug-likeness (QED) is 0.575. The van der Waals surface area contributed by atoms with E-state index in [4.69, 9.17) is 4.42 Å². The molecule has 4 aromatic rings. The Morgan fingerprint density at radius 2 is 1.74 bits per heavy atom. The van der Waals surface area contributed by atoms with E-state index in [0.717, 1.165) is 11.5 Å². The number of halogens is 2. The van der Waals surface area contributed by atoms with Crippen molar-refractivity contribution in [2.75, 3.05) is 0 Å². The normalized spacial score (nSPS) is 12.6. The van der Waals surface area contributed by atoms with Crippen molar-refractivity contribution in [1.29, 1.82) is 0 Å². The second kappa shape index (κ2) is 5.31. The van der Waals surface area contributed by atoms with E-state index in [0.29, 0.717) is 11.3 Å². The number of aromatic nitrogens is 3. The number of hydrogen-bond donors (Lipinski definition) is 0. The van der Waals surface area contributed by atoms with Crippen molar-refractivity contribution in [3.8, 4) is 0 Å². The second-order valence-corrected chi connectivity index (χ2v) is 5.16. The maximum Gasteiger partial charge on any atom is 0.134 e. The molecule has 23 heavy (non-hydrogen) atoms. The van der Waals surface area contributed by atoms with Crippen molar-refractivity contribution in [3.05, 3.63) is 84.1 Å². The van der Waals surface area contributed by atoms with Crippen LogP contribution in [-0.4, -0.2) is 14.8 Å². The van der Waals surface area contributed by atoms with Crippen LogP contribution in [0, 0.1) is 11.6 Å². The predicted molar refractivity (Wildman–Crippen MR) is 79.8 cm³/mol. The van der Waals surface area contributed by atoms with Crippen LogP contribution in [0.4, 0.5) is 8.78 Å². The van der Waals surface area contributed by atoms with Crippen molar-refractivity contribution in [2.24, 2.45) is 0 Å². The van der Waals surface area contributed by atoms with Crippen molar-refractivity contribution in [3.63, 3.8) is 0 Å². The van der Waals surface area contributed by atoms with Crippen LogP contribution < -0.4 is 0 Å². The molecule has 0 bridgehead atoms. The first-order valence-electron chi connectivity index (χ1n) is 7.00. The first-order chi connectivity index (χ1) is 11.2. The summed E-state index contributed by atoms with van der Waals surface area (Å²) in [5.41, 5.74) is 0.980. The maximum atomic E-state index is 14.3. The Morgan fingerprint density at radius 1 is 0.957 bits per heavy atom. The van der Waals surface area contributed by atoms with Gasteiger partial charge >= 0.3 is 0 Å². The SMILES string of the molecule is Fc1ccc(C(c2cc3ccccc3o2)n2cnnc2)c(F)c1. The van der Waals surface area contributed by atoms with E-state index in [1.54, 1.807) is 4.57 Å². The molecule has 1 unspecified atom stereocenters. The number of fused-ring (bicyclic) bond motifs is 1. The van der Waals surface area contributed by atoms with Crippen LogP contribution in [0.2, 0.25) is 0 Å². The van der Waals surface area contributed by atoms with Gasteiger partial charge < -0.3 is 8.98 Å². The molecule has 0 N–H and O–H groups in total. The molecular formula is C17H11F2N3O. The molecular weight excluding hydrogens is 300 g/mol. The molecule has 0 fully saturated rings. The number of rotatable bonds is 3. The summed E-state index contributed by atoms with van der Waals surface area (Å²) in [5.74, 6) is -0.751. The average Bonchev–Trinajstić information content (AvgIpc) is 3.19. The highest BCUT2D eigenvalue weighted by Gasteiger charge is 2.24. The van der Waals surface area contributed by atoms with Crippen LogP contribution in [-0.2, 0) is 0 Å². The van der Waals surface area contributed by atoms with E-state index in [9.17, 15) is 8.78 Å². The second-order valence-electron chi connectivity index (χ2n) is 5.16. The Labute approximate surface area is 130 Å². The molecule has 0 spiro atoms. The molecule has 0 radical (unpaired) electrons. The molecule has 2 heterocycles. The van der Waals surface area contributed by atoms with E-state index in [-0.39, 0.29) is 5.56 Å². The van der Waals surface area contributed by atoms with Crippen LogP contribution in [0.1, 0.15) is 17.4 Å². The minimum atomic E-state index is -0.649. The predicted octanol–water partition coefficient (Wildman–Crippen LogP) is 3.94. The Hall–Kier alpha value is -3.02. The monoisotopic (exact) mass is 311 g/mol. The molecule has 4 nitrogen and oxygen atoms in total. The minimum absolute atomic E-state index is 0.283. The van der Waals surface area contributed by atoms with Crippen molar-refractivity contribution < 1.29 is 13.2 Å². The zero-order valence-corrected chi connectivity index (χ0v) is 11.9. The molecule has 0 aliphatic carbocycles. The molecule has 2 aromatic carbocycles. The Balaban J connectivity index is 1.92. The average molecular weight is 311 g/mol. The fraction of sp³-hybridized carbons (Fsp3) is 0.0588. The first-order valence-corrected chi connectivity index (χ1v) is 7.00. The maximum absolute atomic E-state index is 14.3. The van der Waals surface area contributed by atoms with Crippen molar-refractivity contribution in [1.82, 2.24) is 14.8 Å². The Morgan fingerprint density at radius 3 is 2.48 bits per heavy atom. The summed E-state index contributed by atoms with van der Waals surface area (Å²) >= 11 is 0. The number of benzene rings is 2. The smallest absolute Gasteiger partial charge is 0.134 e. The summed E-state index contributed by atoms with van der Waals surface area (Å²) in [6, 6.07) is 12.2. The summed E-state index contributed by atoms with van der Waals surface area (Å²) < 4.78 is 35.0. The van der Waals surface area contributed by atoms with E-state index < -0.39 is 17.7 Å². The summed E-state index contributed by atoms with van der Waals surface area (Å²) in [6.07, 6.45) is 2.95. The van der Waals surface area contributed by atoms with Gasteiger partial charge in [-0.15, -0.1) is 10.2 Å². The number of para-hydroxylation sites is 1. The molecule has 6 heteroatoms. The number of hydrogen-bond acceptors (Lipinski definition) is 3. The van der Waals surface area contributed by atoms with Gasteiger partial charge in [-0.25, -0.2) is 8.78 Å². The van der Waals surface area contributed by atoms with Gasteiger partial charge in [-0.1, -0.05) is 24.3 Å². The molecule has 1 atom stereocenters. The van der Waals surface area contributed by atoms with Gasteiger partial charge in [-0.05, 0) is 18.2 Å². The van der Waals surface area contributed by atoms with Gasteiger partial charge in [0.25, 0.3) is 0 Å². The largest absolute Gasteiger partial charge is 0.458 e. The van der Waals surface area contributed by atoms with E-state index in [1.165, 1.54) is 24.8 Å². The van der Waals surface area contributed by atoms with Gasteiger partial charge in [0.2, 0.25) is 0 Å². The third-order valence-corrected chi connectivity index (χ3v) is 3.71. The molecule has 4 rings (SSSR count). The van der Waals surface area contributed by atoms with Crippen LogP contribution in [0.5, 0.6) is 0 Å². The minimum Gasteiger partial charge on any atom is -0.458 e. The van der Waals surface area contributed by atoms with Gasteiger partial charge in [-0.3, -0.25) is 0 Å². The number of nitrogens with zero attached hydrogens (tertiary/aromatic N) is 3.